The van der Waals surface area contributed by atoms with Crippen LogP contribution in [0.25, 0.3) is 0 Å². The maximum absolute atomic E-state index is 13.9. The van der Waals surface area contributed by atoms with Gasteiger partial charge in [-0.05, 0) is 31.5 Å². The first-order valence-corrected chi connectivity index (χ1v) is 8.01. The molecule has 0 aliphatic rings. The molecule has 0 aliphatic heterocycles. The molecule has 1 unspecified atom stereocenters. The molecule has 108 valence electrons. The lowest BCUT2D eigenvalue weighted by Gasteiger charge is -2.18. The summed E-state index contributed by atoms with van der Waals surface area (Å²) in [5, 5.41) is 6.97. The number of nitrogens with zero attached hydrogens (tertiary/aromatic N) is 1. The van der Waals surface area contributed by atoms with Gasteiger partial charge in [-0.3, -0.25) is 0 Å². The van der Waals surface area contributed by atoms with Gasteiger partial charge in [-0.1, -0.05) is 24.6 Å². The standard InChI is InChI=1S/C15H18ClFN2S/c1-2-6-18-11(10-15-19-7-8-20-15)9-12-13(16)4-3-5-14(12)17/h3-5,7-8,11,18H,2,6,9-10H2,1H3. The van der Waals surface area contributed by atoms with Gasteiger partial charge in [-0.2, -0.15) is 0 Å². The Hall–Kier alpha value is -0.970. The molecular formula is C15H18ClFN2S. The van der Waals surface area contributed by atoms with Gasteiger partial charge < -0.3 is 5.32 Å². The van der Waals surface area contributed by atoms with Crippen LogP contribution >= 0.6 is 22.9 Å². The molecule has 1 atom stereocenters. The van der Waals surface area contributed by atoms with Crippen molar-refractivity contribution in [3.05, 3.63) is 51.2 Å². The van der Waals surface area contributed by atoms with Crippen LogP contribution in [-0.4, -0.2) is 17.6 Å². The smallest absolute Gasteiger partial charge is 0.127 e. The summed E-state index contributed by atoms with van der Waals surface area (Å²) in [6.07, 6.45) is 4.21. The van der Waals surface area contributed by atoms with Crippen LogP contribution < -0.4 is 5.32 Å². The average molecular weight is 313 g/mol. The first-order valence-electron chi connectivity index (χ1n) is 6.75. The summed E-state index contributed by atoms with van der Waals surface area (Å²) in [7, 11) is 0. The molecule has 1 aromatic carbocycles. The van der Waals surface area contributed by atoms with Gasteiger partial charge in [0.25, 0.3) is 0 Å². The van der Waals surface area contributed by atoms with Crippen molar-refractivity contribution in [3.63, 3.8) is 0 Å². The van der Waals surface area contributed by atoms with Gasteiger partial charge in [0.1, 0.15) is 5.82 Å². The van der Waals surface area contributed by atoms with Crippen LogP contribution in [-0.2, 0) is 12.8 Å². The van der Waals surface area contributed by atoms with E-state index in [-0.39, 0.29) is 11.9 Å². The number of nitrogens with one attached hydrogen (secondary N) is 1. The van der Waals surface area contributed by atoms with Crippen molar-refractivity contribution in [2.24, 2.45) is 0 Å². The molecule has 0 radical (unpaired) electrons. The van der Waals surface area contributed by atoms with Gasteiger partial charge in [-0.15, -0.1) is 11.3 Å². The number of hydrogen-bond acceptors (Lipinski definition) is 3. The largest absolute Gasteiger partial charge is 0.313 e. The predicted octanol–water partition coefficient (Wildman–Crippen LogP) is 4.09. The minimum absolute atomic E-state index is 0.149. The molecule has 2 rings (SSSR count). The van der Waals surface area contributed by atoms with Crippen LogP contribution in [0.4, 0.5) is 4.39 Å². The van der Waals surface area contributed by atoms with E-state index >= 15 is 0 Å². The van der Waals surface area contributed by atoms with Crippen LogP contribution in [0.5, 0.6) is 0 Å². The Morgan fingerprint density at radius 2 is 2.25 bits per heavy atom. The van der Waals surface area contributed by atoms with Crippen LogP contribution in [0.15, 0.2) is 29.8 Å². The maximum Gasteiger partial charge on any atom is 0.127 e. The number of hydrogen-bond donors (Lipinski definition) is 1. The highest BCUT2D eigenvalue weighted by Gasteiger charge is 2.16. The molecule has 1 heterocycles. The van der Waals surface area contributed by atoms with E-state index in [1.807, 2.05) is 5.38 Å². The second kappa shape index (κ2) is 7.72. The van der Waals surface area contributed by atoms with Gasteiger partial charge >= 0.3 is 0 Å². The van der Waals surface area contributed by atoms with Crippen molar-refractivity contribution in [2.45, 2.75) is 32.2 Å². The van der Waals surface area contributed by atoms with Crippen molar-refractivity contribution in [2.75, 3.05) is 6.54 Å². The number of thiazole rings is 1. The fraction of sp³-hybridized carbons (Fsp3) is 0.400. The Morgan fingerprint density at radius 3 is 2.90 bits per heavy atom. The normalized spacial score (nSPS) is 12.6. The van der Waals surface area contributed by atoms with Gasteiger partial charge in [0.2, 0.25) is 0 Å². The summed E-state index contributed by atoms with van der Waals surface area (Å²) >= 11 is 7.73. The fourth-order valence-corrected chi connectivity index (χ4v) is 3.04. The molecule has 0 aliphatic carbocycles. The zero-order valence-corrected chi connectivity index (χ0v) is 13.0. The van der Waals surface area contributed by atoms with E-state index in [9.17, 15) is 4.39 Å². The molecule has 1 aromatic heterocycles. The zero-order chi connectivity index (χ0) is 14.4. The van der Waals surface area contributed by atoms with E-state index in [1.165, 1.54) is 6.07 Å². The number of halogens is 2. The Kier molecular flexibility index (Phi) is 5.95. The van der Waals surface area contributed by atoms with Gasteiger partial charge in [0.05, 0.1) is 5.01 Å². The number of aromatic nitrogens is 1. The van der Waals surface area contributed by atoms with Gasteiger partial charge in [-0.25, -0.2) is 9.37 Å². The lowest BCUT2D eigenvalue weighted by atomic mass is 10.0. The molecule has 0 saturated carbocycles. The quantitative estimate of drug-likeness (QED) is 0.833. The highest BCUT2D eigenvalue weighted by molar-refractivity contribution is 7.09. The second-order valence-corrected chi connectivity index (χ2v) is 6.07. The average Bonchev–Trinajstić information content (AvgIpc) is 2.93. The summed E-state index contributed by atoms with van der Waals surface area (Å²) in [6.45, 7) is 3.02. The van der Waals surface area contributed by atoms with E-state index in [4.69, 9.17) is 11.6 Å². The van der Waals surface area contributed by atoms with Gasteiger partial charge in [0, 0.05) is 34.6 Å². The highest BCUT2D eigenvalue weighted by Crippen LogP contribution is 2.21. The van der Waals surface area contributed by atoms with E-state index in [0.29, 0.717) is 17.0 Å². The number of benzene rings is 1. The summed E-state index contributed by atoms with van der Waals surface area (Å²) in [5.74, 6) is -0.236. The third-order valence-corrected chi connectivity index (χ3v) is 4.26. The molecule has 0 amide bonds. The molecule has 0 saturated heterocycles. The lowest BCUT2D eigenvalue weighted by Crippen LogP contribution is -2.34. The Morgan fingerprint density at radius 1 is 1.40 bits per heavy atom. The first kappa shape index (κ1) is 15.4. The van der Waals surface area contributed by atoms with E-state index in [0.717, 1.165) is 24.4 Å². The van der Waals surface area contributed by atoms with Crippen molar-refractivity contribution in [3.8, 4) is 0 Å². The summed E-state index contributed by atoms with van der Waals surface area (Å²) in [6, 6.07) is 4.98. The Labute approximate surface area is 128 Å². The Bertz CT molecular complexity index is 510. The van der Waals surface area contributed by atoms with Crippen LogP contribution in [0.2, 0.25) is 5.02 Å². The topological polar surface area (TPSA) is 24.9 Å². The molecule has 0 bridgehead atoms. The van der Waals surface area contributed by atoms with Crippen LogP contribution in [0.1, 0.15) is 23.9 Å². The molecule has 1 N–H and O–H groups in total. The van der Waals surface area contributed by atoms with Crippen LogP contribution in [0.3, 0.4) is 0 Å². The van der Waals surface area contributed by atoms with Crippen molar-refractivity contribution in [1.82, 2.24) is 10.3 Å². The second-order valence-electron chi connectivity index (χ2n) is 4.69. The third-order valence-electron chi connectivity index (χ3n) is 3.10. The minimum Gasteiger partial charge on any atom is -0.313 e. The molecule has 2 nitrogen and oxygen atoms in total. The van der Waals surface area contributed by atoms with Crippen molar-refractivity contribution in [1.29, 1.82) is 0 Å². The van der Waals surface area contributed by atoms with E-state index < -0.39 is 0 Å². The lowest BCUT2D eigenvalue weighted by molar-refractivity contribution is 0.492. The molecule has 2 aromatic rings. The molecule has 20 heavy (non-hydrogen) atoms. The molecule has 0 fully saturated rings. The zero-order valence-electron chi connectivity index (χ0n) is 11.4. The van der Waals surface area contributed by atoms with Crippen LogP contribution in [0, 0.1) is 5.82 Å². The monoisotopic (exact) mass is 312 g/mol. The minimum atomic E-state index is -0.236. The first-order chi connectivity index (χ1) is 9.70. The number of rotatable bonds is 7. The highest BCUT2D eigenvalue weighted by atomic mass is 35.5. The maximum atomic E-state index is 13.9. The Balaban J connectivity index is 2.10. The third kappa shape index (κ3) is 4.27. The summed E-state index contributed by atoms with van der Waals surface area (Å²) in [5.41, 5.74) is 0.583. The van der Waals surface area contributed by atoms with Crippen molar-refractivity contribution >= 4 is 22.9 Å². The summed E-state index contributed by atoms with van der Waals surface area (Å²) in [4.78, 5) is 4.30. The van der Waals surface area contributed by atoms with Crippen molar-refractivity contribution < 1.29 is 4.39 Å². The van der Waals surface area contributed by atoms with E-state index in [2.05, 4.69) is 17.2 Å². The van der Waals surface area contributed by atoms with Gasteiger partial charge in [0.15, 0.2) is 0 Å². The predicted molar refractivity (Wildman–Crippen MR) is 83.0 cm³/mol. The SMILES string of the molecule is CCCNC(Cc1nccs1)Cc1c(F)cccc1Cl. The fourth-order valence-electron chi connectivity index (χ4n) is 2.10. The molecular weight excluding hydrogens is 295 g/mol. The summed E-state index contributed by atoms with van der Waals surface area (Å²) < 4.78 is 13.9. The van der Waals surface area contributed by atoms with E-state index in [1.54, 1.807) is 29.7 Å². The molecule has 0 spiro atoms. The molecule has 5 heteroatoms.